The summed E-state index contributed by atoms with van der Waals surface area (Å²) < 4.78 is 20.4. The number of ether oxygens (including phenoxy) is 4. The van der Waals surface area contributed by atoms with Gasteiger partial charge in [-0.2, -0.15) is 0 Å². The first kappa shape index (κ1) is 28.5. The predicted molar refractivity (Wildman–Crippen MR) is 126 cm³/mol. The summed E-state index contributed by atoms with van der Waals surface area (Å²) in [5.41, 5.74) is 0.303. The predicted octanol–water partition coefficient (Wildman–Crippen LogP) is 4.44. The van der Waals surface area contributed by atoms with Crippen LogP contribution in [-0.2, 0) is 35.1 Å². The lowest BCUT2D eigenvalue weighted by Crippen LogP contribution is -2.34. The first-order valence-electron chi connectivity index (χ1n) is 10.6. The lowest BCUT2D eigenvalue weighted by atomic mass is 10.0. The summed E-state index contributed by atoms with van der Waals surface area (Å²) in [5, 5.41) is 5.05. The Hall–Kier alpha value is -3.56. The fourth-order valence-corrected chi connectivity index (χ4v) is 2.59. The molecule has 0 saturated heterocycles. The van der Waals surface area contributed by atoms with E-state index in [1.807, 2.05) is 0 Å². The van der Waals surface area contributed by atoms with Crippen molar-refractivity contribution < 1.29 is 38.1 Å². The number of aryl methyl sites for hydroxylation is 1. The topological polar surface area (TPSA) is 129 Å². The van der Waals surface area contributed by atoms with E-state index in [9.17, 15) is 19.2 Å². The van der Waals surface area contributed by atoms with Crippen LogP contribution in [0.4, 0.5) is 15.3 Å². The summed E-state index contributed by atoms with van der Waals surface area (Å²) in [5.74, 6) is -1.32. The molecular weight excluding hydrogens is 444 g/mol. The molecule has 1 aromatic carbocycles. The molecule has 0 spiro atoms. The zero-order valence-electron chi connectivity index (χ0n) is 21.2. The molecule has 34 heavy (non-hydrogen) atoms. The van der Waals surface area contributed by atoms with E-state index in [4.69, 9.17) is 18.9 Å². The van der Waals surface area contributed by atoms with Crippen molar-refractivity contribution in [2.24, 2.45) is 0 Å². The van der Waals surface area contributed by atoms with Gasteiger partial charge in [0.1, 0.15) is 23.5 Å². The van der Waals surface area contributed by atoms with Gasteiger partial charge in [0, 0.05) is 12.6 Å². The number of carbonyl (C=O) groups excluding carboxylic acids is 4. The van der Waals surface area contributed by atoms with Crippen LogP contribution < -0.4 is 10.6 Å². The van der Waals surface area contributed by atoms with Crippen LogP contribution in [-0.4, -0.2) is 42.4 Å². The third-order valence-electron chi connectivity index (χ3n) is 3.89. The molecule has 0 aliphatic heterocycles. The third-order valence-corrected chi connectivity index (χ3v) is 3.89. The number of amides is 2. The molecule has 1 aromatic rings. The summed E-state index contributed by atoms with van der Waals surface area (Å²) in [6.45, 7) is 13.1. The van der Waals surface area contributed by atoms with Crippen LogP contribution in [0, 0.1) is 6.92 Å². The van der Waals surface area contributed by atoms with Gasteiger partial charge in [-0.25, -0.2) is 14.4 Å². The standard InChI is InChI=1S/C24H34N2O8/c1-14-10-16(11-19(20(28)31-9)26-22(30)34-24(6,7)8)17(13-32-15(2)27)12-18(14)25-21(29)33-23(3,4)5/h10-12H,13H2,1-9H3,(H,25,29)(H,26,30)/b19-11-. The minimum absolute atomic E-state index is 0.147. The van der Waals surface area contributed by atoms with Gasteiger partial charge in [-0.05, 0) is 83.4 Å². The normalized spacial score (nSPS) is 11.9. The van der Waals surface area contributed by atoms with E-state index in [2.05, 4.69) is 10.6 Å². The lowest BCUT2D eigenvalue weighted by molar-refractivity contribution is -0.142. The van der Waals surface area contributed by atoms with Gasteiger partial charge in [0.25, 0.3) is 0 Å². The first-order chi connectivity index (χ1) is 15.5. The SMILES string of the molecule is COC(=O)/C(=C/c1cc(C)c(NC(=O)OC(C)(C)C)cc1COC(C)=O)NC(=O)OC(C)(C)C. The Balaban J connectivity index is 3.42. The Morgan fingerprint density at radius 3 is 2.00 bits per heavy atom. The zero-order valence-corrected chi connectivity index (χ0v) is 21.2. The highest BCUT2D eigenvalue weighted by molar-refractivity contribution is 5.97. The Morgan fingerprint density at radius 2 is 1.50 bits per heavy atom. The molecule has 0 unspecified atom stereocenters. The van der Waals surface area contributed by atoms with Crippen LogP contribution >= 0.6 is 0 Å². The Kier molecular flexibility index (Phi) is 9.66. The molecule has 0 bridgehead atoms. The Morgan fingerprint density at radius 1 is 0.941 bits per heavy atom. The maximum atomic E-state index is 12.3. The van der Waals surface area contributed by atoms with E-state index in [1.165, 1.54) is 20.1 Å². The quantitative estimate of drug-likeness (QED) is 0.349. The molecule has 10 heteroatoms. The summed E-state index contributed by atoms with van der Waals surface area (Å²) >= 11 is 0. The number of carbonyl (C=O) groups is 4. The largest absolute Gasteiger partial charge is 0.464 e. The molecular formula is C24H34N2O8. The molecule has 0 aromatic heterocycles. The fourth-order valence-electron chi connectivity index (χ4n) is 2.59. The summed E-state index contributed by atoms with van der Waals surface area (Å²) in [6, 6.07) is 3.25. The third kappa shape index (κ3) is 10.4. The average molecular weight is 479 g/mol. The number of hydrogen-bond acceptors (Lipinski definition) is 8. The second kappa shape index (κ2) is 11.5. The average Bonchev–Trinajstić information content (AvgIpc) is 2.64. The van der Waals surface area contributed by atoms with E-state index in [-0.39, 0.29) is 12.3 Å². The first-order valence-corrected chi connectivity index (χ1v) is 10.6. The molecule has 0 aliphatic rings. The van der Waals surface area contributed by atoms with Crippen LogP contribution in [0.25, 0.3) is 6.08 Å². The molecule has 0 aliphatic carbocycles. The minimum Gasteiger partial charge on any atom is -0.464 e. The number of hydrogen-bond donors (Lipinski definition) is 2. The molecule has 0 heterocycles. The molecule has 0 fully saturated rings. The molecule has 0 saturated carbocycles. The van der Waals surface area contributed by atoms with E-state index in [1.54, 1.807) is 60.6 Å². The van der Waals surface area contributed by atoms with Crippen molar-refractivity contribution in [2.75, 3.05) is 12.4 Å². The van der Waals surface area contributed by atoms with Crippen LogP contribution in [0.15, 0.2) is 17.8 Å². The highest BCUT2D eigenvalue weighted by atomic mass is 16.6. The Labute approximate surface area is 200 Å². The maximum absolute atomic E-state index is 12.3. The van der Waals surface area contributed by atoms with Gasteiger partial charge in [0.2, 0.25) is 0 Å². The maximum Gasteiger partial charge on any atom is 0.412 e. The van der Waals surface area contributed by atoms with Crippen LogP contribution in [0.5, 0.6) is 0 Å². The molecule has 0 radical (unpaired) electrons. The van der Waals surface area contributed by atoms with Crippen LogP contribution in [0.1, 0.15) is 65.2 Å². The Bertz CT molecular complexity index is 968. The summed E-state index contributed by atoms with van der Waals surface area (Å²) in [7, 11) is 1.17. The monoisotopic (exact) mass is 478 g/mol. The minimum atomic E-state index is -0.842. The van der Waals surface area contributed by atoms with E-state index in [0.717, 1.165) is 0 Å². The number of rotatable bonds is 6. The molecule has 1 rings (SSSR count). The van der Waals surface area contributed by atoms with E-state index in [0.29, 0.717) is 22.4 Å². The van der Waals surface area contributed by atoms with Crippen molar-refractivity contribution in [2.45, 2.75) is 73.2 Å². The van der Waals surface area contributed by atoms with Crippen molar-refractivity contribution in [1.82, 2.24) is 5.32 Å². The van der Waals surface area contributed by atoms with Crippen LogP contribution in [0.3, 0.4) is 0 Å². The zero-order chi connectivity index (χ0) is 26.3. The second-order valence-electron chi connectivity index (χ2n) is 9.45. The highest BCUT2D eigenvalue weighted by Gasteiger charge is 2.22. The van der Waals surface area contributed by atoms with Gasteiger partial charge in [-0.15, -0.1) is 0 Å². The molecule has 0 atom stereocenters. The van der Waals surface area contributed by atoms with Gasteiger partial charge < -0.3 is 18.9 Å². The van der Waals surface area contributed by atoms with Gasteiger partial charge >= 0.3 is 24.1 Å². The molecule has 2 amide bonds. The van der Waals surface area contributed by atoms with Crippen LogP contribution in [0.2, 0.25) is 0 Å². The van der Waals surface area contributed by atoms with Crippen molar-refractivity contribution in [3.63, 3.8) is 0 Å². The van der Waals surface area contributed by atoms with Crippen molar-refractivity contribution in [1.29, 1.82) is 0 Å². The smallest absolute Gasteiger partial charge is 0.412 e. The number of esters is 2. The number of benzene rings is 1. The molecule has 2 N–H and O–H groups in total. The van der Waals surface area contributed by atoms with Gasteiger partial charge in [0.05, 0.1) is 7.11 Å². The van der Waals surface area contributed by atoms with Crippen molar-refractivity contribution in [3.05, 3.63) is 34.5 Å². The van der Waals surface area contributed by atoms with Gasteiger partial charge in [0.15, 0.2) is 0 Å². The summed E-state index contributed by atoms with van der Waals surface area (Å²) in [4.78, 5) is 48.2. The lowest BCUT2D eigenvalue weighted by Gasteiger charge is -2.21. The van der Waals surface area contributed by atoms with Crippen molar-refractivity contribution in [3.8, 4) is 0 Å². The summed E-state index contributed by atoms with van der Waals surface area (Å²) in [6.07, 6.45) is -0.122. The van der Waals surface area contributed by atoms with Crippen molar-refractivity contribution >= 4 is 35.9 Å². The van der Waals surface area contributed by atoms with Gasteiger partial charge in [-0.1, -0.05) is 0 Å². The fraction of sp³-hybridized carbons (Fsp3) is 0.500. The molecule has 10 nitrogen and oxygen atoms in total. The number of anilines is 1. The highest BCUT2D eigenvalue weighted by Crippen LogP contribution is 2.25. The second-order valence-corrected chi connectivity index (χ2v) is 9.45. The van der Waals surface area contributed by atoms with E-state index < -0.39 is 35.3 Å². The van der Waals surface area contributed by atoms with Gasteiger partial charge in [-0.3, -0.25) is 15.4 Å². The van der Waals surface area contributed by atoms with E-state index >= 15 is 0 Å². The number of alkyl carbamates (subject to hydrolysis) is 1. The molecule has 188 valence electrons. The number of methoxy groups -OCH3 is 1. The number of nitrogens with one attached hydrogen (secondary N) is 2.